The van der Waals surface area contributed by atoms with Gasteiger partial charge in [-0.1, -0.05) is 66.7 Å². The largest absolute Gasteiger partial charge is 0.488 e. The molecular formula is C39H29F3N4O3S. The summed E-state index contributed by atoms with van der Waals surface area (Å²) in [6.45, 7) is 0.789. The molecule has 0 radical (unpaired) electrons. The SMILES string of the molecule is CN(CCO)c1ccc(/C=C/c2ccc(/C=C/C3=C(C#N)C(=C(C#N)C#N)OC3(c3ccccc3)C(F)(F)F)s2)c(OCc2ccccc2)c1. The van der Waals surface area contributed by atoms with Crippen LogP contribution in [0.1, 0.15) is 26.4 Å². The molecule has 0 fully saturated rings. The monoisotopic (exact) mass is 690 g/mol. The predicted octanol–water partition coefficient (Wildman–Crippen LogP) is 8.55. The van der Waals surface area contributed by atoms with E-state index in [1.54, 1.807) is 30.3 Å². The van der Waals surface area contributed by atoms with Gasteiger partial charge in [-0.3, -0.25) is 0 Å². The predicted molar refractivity (Wildman–Crippen MR) is 186 cm³/mol. The van der Waals surface area contributed by atoms with E-state index in [1.165, 1.54) is 41.7 Å². The molecule has 250 valence electrons. The number of thiophene rings is 1. The van der Waals surface area contributed by atoms with Crippen LogP contribution in [0.4, 0.5) is 18.9 Å². The number of rotatable bonds is 11. The molecule has 1 aliphatic heterocycles. The molecule has 5 rings (SSSR count). The Kier molecular flexibility index (Phi) is 10.9. The molecule has 1 unspecified atom stereocenters. The third-order valence-corrected chi connectivity index (χ3v) is 8.89. The number of anilines is 1. The molecule has 50 heavy (non-hydrogen) atoms. The number of hydrogen-bond acceptors (Lipinski definition) is 8. The molecule has 0 aliphatic carbocycles. The minimum atomic E-state index is -5.07. The number of aliphatic hydroxyl groups excluding tert-OH is 1. The maximum absolute atomic E-state index is 15.1. The second kappa shape index (κ2) is 15.4. The van der Waals surface area contributed by atoms with Gasteiger partial charge in [-0.25, -0.2) is 0 Å². The summed E-state index contributed by atoms with van der Waals surface area (Å²) in [6.07, 6.45) is 1.28. The van der Waals surface area contributed by atoms with Crippen LogP contribution in [-0.4, -0.2) is 31.5 Å². The Bertz CT molecular complexity index is 2080. The van der Waals surface area contributed by atoms with Crippen molar-refractivity contribution in [3.05, 3.63) is 146 Å². The number of aliphatic hydroxyl groups is 1. The first-order chi connectivity index (χ1) is 24.1. The van der Waals surface area contributed by atoms with Crippen molar-refractivity contribution in [2.45, 2.75) is 18.4 Å². The van der Waals surface area contributed by atoms with E-state index in [0.29, 0.717) is 23.8 Å². The zero-order valence-electron chi connectivity index (χ0n) is 26.7. The topological polar surface area (TPSA) is 113 Å². The molecule has 0 saturated heterocycles. The van der Waals surface area contributed by atoms with Gasteiger partial charge >= 0.3 is 6.18 Å². The summed E-state index contributed by atoms with van der Waals surface area (Å²) in [5.41, 5.74) is -2.60. The fraction of sp³-hybridized carbons (Fsp3) is 0.154. The van der Waals surface area contributed by atoms with Crippen molar-refractivity contribution < 1.29 is 27.8 Å². The molecule has 4 aromatic rings. The Morgan fingerprint density at radius 2 is 1.54 bits per heavy atom. The highest BCUT2D eigenvalue weighted by Gasteiger charge is 2.65. The lowest BCUT2D eigenvalue weighted by Crippen LogP contribution is -2.43. The van der Waals surface area contributed by atoms with Crippen LogP contribution in [0.3, 0.4) is 0 Å². The number of hydrogen-bond donors (Lipinski definition) is 1. The van der Waals surface area contributed by atoms with E-state index in [0.717, 1.165) is 27.8 Å². The Morgan fingerprint density at radius 1 is 0.900 bits per heavy atom. The van der Waals surface area contributed by atoms with Crippen LogP contribution in [0.15, 0.2) is 120 Å². The summed E-state index contributed by atoms with van der Waals surface area (Å²) in [4.78, 5) is 3.28. The smallest absolute Gasteiger partial charge is 0.437 e. The maximum atomic E-state index is 15.1. The molecule has 0 saturated carbocycles. The van der Waals surface area contributed by atoms with Crippen molar-refractivity contribution in [3.63, 3.8) is 0 Å². The number of nitrogens with zero attached hydrogens (tertiary/aromatic N) is 4. The molecule has 1 atom stereocenters. The summed E-state index contributed by atoms with van der Waals surface area (Å²) in [6, 6.07) is 30.6. The first kappa shape index (κ1) is 35.3. The van der Waals surface area contributed by atoms with Crippen LogP contribution in [-0.2, 0) is 16.9 Å². The van der Waals surface area contributed by atoms with Crippen LogP contribution < -0.4 is 9.64 Å². The number of likely N-dealkylation sites (N-methyl/N-ethyl adjacent to an activating group) is 1. The second-order valence-electron chi connectivity index (χ2n) is 11.0. The van der Waals surface area contributed by atoms with Gasteiger partial charge < -0.3 is 19.5 Å². The minimum absolute atomic E-state index is 0.00225. The van der Waals surface area contributed by atoms with E-state index in [2.05, 4.69) is 0 Å². The Labute approximate surface area is 291 Å². The number of benzene rings is 3. The number of alkyl halides is 3. The first-order valence-electron chi connectivity index (χ1n) is 15.2. The van der Waals surface area contributed by atoms with Gasteiger partial charge in [-0.15, -0.1) is 11.3 Å². The minimum Gasteiger partial charge on any atom is -0.488 e. The summed E-state index contributed by atoms with van der Waals surface area (Å²) in [7, 11) is 1.87. The van der Waals surface area contributed by atoms with Crippen molar-refractivity contribution in [2.75, 3.05) is 25.1 Å². The van der Waals surface area contributed by atoms with Gasteiger partial charge in [0.2, 0.25) is 0 Å². The molecule has 0 spiro atoms. The van der Waals surface area contributed by atoms with Gasteiger partial charge in [0.05, 0.1) is 6.61 Å². The maximum Gasteiger partial charge on any atom is 0.437 e. The molecule has 1 N–H and O–H groups in total. The van der Waals surface area contributed by atoms with Gasteiger partial charge in [0.1, 0.15) is 36.1 Å². The first-order valence-corrected chi connectivity index (χ1v) is 16.1. The van der Waals surface area contributed by atoms with E-state index >= 15 is 13.2 Å². The molecule has 0 amide bonds. The Hall–Kier alpha value is -6.06. The molecule has 3 aromatic carbocycles. The number of nitriles is 3. The number of halogens is 3. The lowest BCUT2D eigenvalue weighted by atomic mass is 9.84. The van der Waals surface area contributed by atoms with Crippen LogP contribution in [0.2, 0.25) is 0 Å². The third-order valence-electron chi connectivity index (χ3n) is 7.87. The van der Waals surface area contributed by atoms with Crippen molar-refractivity contribution >= 4 is 35.3 Å². The zero-order chi connectivity index (χ0) is 35.7. The molecule has 7 nitrogen and oxygen atoms in total. The van der Waals surface area contributed by atoms with Crippen molar-refractivity contribution in [1.29, 1.82) is 15.8 Å². The van der Waals surface area contributed by atoms with E-state index < -0.39 is 34.3 Å². The van der Waals surface area contributed by atoms with Crippen molar-refractivity contribution in [3.8, 4) is 24.0 Å². The number of ether oxygens (including phenoxy) is 2. The van der Waals surface area contributed by atoms with Crippen molar-refractivity contribution in [2.24, 2.45) is 0 Å². The van der Waals surface area contributed by atoms with Gasteiger partial charge in [-0.2, -0.15) is 29.0 Å². The van der Waals surface area contributed by atoms with Gasteiger partial charge in [-0.05, 0) is 48.1 Å². The normalized spacial score (nSPS) is 15.8. The molecule has 11 heteroatoms. The van der Waals surface area contributed by atoms with E-state index in [-0.39, 0.29) is 12.2 Å². The average molecular weight is 691 g/mol. The second-order valence-corrected chi connectivity index (χ2v) is 12.2. The van der Waals surface area contributed by atoms with Crippen LogP contribution in [0, 0.1) is 34.0 Å². The van der Waals surface area contributed by atoms with E-state index in [9.17, 15) is 20.9 Å². The fourth-order valence-corrected chi connectivity index (χ4v) is 6.17. The summed E-state index contributed by atoms with van der Waals surface area (Å²) < 4.78 is 56.9. The van der Waals surface area contributed by atoms with Crippen molar-refractivity contribution in [1.82, 2.24) is 0 Å². The van der Waals surface area contributed by atoms with Gasteiger partial charge in [0, 0.05) is 51.8 Å². The molecule has 1 aromatic heterocycles. The quantitative estimate of drug-likeness (QED) is 0.157. The molecular weight excluding hydrogens is 662 g/mol. The average Bonchev–Trinajstić information content (AvgIpc) is 3.73. The van der Waals surface area contributed by atoms with Crippen LogP contribution in [0.25, 0.3) is 18.2 Å². The molecule has 2 heterocycles. The van der Waals surface area contributed by atoms with Crippen LogP contribution in [0.5, 0.6) is 5.75 Å². The third kappa shape index (κ3) is 7.33. The van der Waals surface area contributed by atoms with Crippen LogP contribution >= 0.6 is 11.3 Å². The van der Waals surface area contributed by atoms with E-state index in [4.69, 9.17) is 9.47 Å². The summed E-state index contributed by atoms with van der Waals surface area (Å²) >= 11 is 1.30. The summed E-state index contributed by atoms with van der Waals surface area (Å²) in [5, 5.41) is 38.3. The molecule has 1 aliphatic rings. The molecule has 0 bridgehead atoms. The highest BCUT2D eigenvalue weighted by atomic mass is 32.1. The summed E-state index contributed by atoms with van der Waals surface area (Å²) in [5.74, 6) is -0.0874. The Morgan fingerprint density at radius 3 is 2.14 bits per heavy atom. The van der Waals surface area contributed by atoms with Gasteiger partial charge in [0.15, 0.2) is 11.3 Å². The zero-order valence-corrected chi connectivity index (χ0v) is 27.5. The highest BCUT2D eigenvalue weighted by Crippen LogP contribution is 2.56. The fourth-order valence-electron chi connectivity index (χ4n) is 5.36. The van der Waals surface area contributed by atoms with Gasteiger partial charge in [0.25, 0.3) is 5.60 Å². The standard InChI is InChI=1S/C39H29F3N4O3S/c1-46(20-21-47)31-14-12-28(36(22-31)48-26-27-8-4-2-5-9-27)13-15-32-16-17-33(50-32)18-19-35-34(25-45)37(29(23-43)24-44)49-38(35,39(40,41)42)30-10-6-3-7-11-30/h2-19,22,47H,20-21,26H2,1H3/b15-13+,19-18+. The lowest BCUT2D eigenvalue weighted by molar-refractivity contribution is -0.249. The highest BCUT2D eigenvalue weighted by molar-refractivity contribution is 7.13. The van der Waals surface area contributed by atoms with E-state index in [1.807, 2.05) is 78.7 Å². The Balaban J connectivity index is 1.49. The number of allylic oxidation sites excluding steroid dienone is 2. The lowest BCUT2D eigenvalue weighted by Gasteiger charge is -2.33.